The summed E-state index contributed by atoms with van der Waals surface area (Å²) >= 11 is 0. The van der Waals surface area contributed by atoms with E-state index in [-0.39, 0.29) is 11.3 Å². The molecule has 5 nitrogen and oxygen atoms in total. The van der Waals surface area contributed by atoms with Crippen LogP contribution in [0.2, 0.25) is 0 Å². The first-order valence-electron chi connectivity index (χ1n) is 8.81. The van der Waals surface area contributed by atoms with Gasteiger partial charge in [0.1, 0.15) is 6.54 Å². The van der Waals surface area contributed by atoms with Crippen molar-refractivity contribution in [3.05, 3.63) is 34.7 Å². The second kappa shape index (κ2) is 7.30. The number of aromatic nitrogens is 1. The maximum atomic E-state index is 12.4. The molecule has 0 saturated carbocycles. The normalized spacial score (nSPS) is 21.5. The van der Waals surface area contributed by atoms with Crippen molar-refractivity contribution in [3.8, 4) is 0 Å². The first-order valence-corrected chi connectivity index (χ1v) is 8.81. The molecule has 0 spiro atoms. The molecule has 0 unspecified atom stereocenters. The average molecular weight is 317 g/mol. The van der Waals surface area contributed by atoms with Crippen LogP contribution in [0.4, 0.5) is 0 Å². The smallest absolute Gasteiger partial charge is 0.242 e. The summed E-state index contributed by atoms with van der Waals surface area (Å²) in [6, 6.07) is 3.64. The van der Waals surface area contributed by atoms with E-state index in [1.165, 1.54) is 38.1 Å². The molecule has 23 heavy (non-hydrogen) atoms. The number of pyridine rings is 1. The summed E-state index contributed by atoms with van der Waals surface area (Å²) in [5.41, 5.74) is -0.0228. The average Bonchev–Trinajstić information content (AvgIpc) is 3.11. The fraction of sp³-hybridized carbons (Fsp3) is 0.667. The van der Waals surface area contributed by atoms with Crippen molar-refractivity contribution in [2.24, 2.45) is 5.92 Å². The van der Waals surface area contributed by atoms with Crippen molar-refractivity contribution in [1.82, 2.24) is 14.4 Å². The zero-order valence-corrected chi connectivity index (χ0v) is 14.0. The van der Waals surface area contributed by atoms with Crippen LogP contribution < -0.4 is 5.43 Å². The summed E-state index contributed by atoms with van der Waals surface area (Å²) in [6.07, 6.45) is 8.24. The fourth-order valence-electron chi connectivity index (χ4n) is 3.88. The van der Waals surface area contributed by atoms with Gasteiger partial charge in [-0.05, 0) is 51.6 Å². The lowest BCUT2D eigenvalue weighted by Gasteiger charge is -2.38. The predicted octanol–water partition coefficient (Wildman–Crippen LogP) is 1.57. The quantitative estimate of drug-likeness (QED) is 0.847. The Labute approximate surface area is 137 Å². The van der Waals surface area contributed by atoms with Crippen LogP contribution in [0.5, 0.6) is 0 Å². The number of likely N-dealkylation sites (tertiary alicyclic amines) is 2. The Morgan fingerprint density at radius 3 is 2.35 bits per heavy atom. The number of carbonyl (C=O) groups excluding carboxylic acids is 1. The molecule has 2 fully saturated rings. The fourth-order valence-corrected chi connectivity index (χ4v) is 3.88. The Bertz CT molecular complexity index is 564. The van der Waals surface area contributed by atoms with Gasteiger partial charge in [0.15, 0.2) is 5.43 Å². The van der Waals surface area contributed by atoms with Crippen LogP contribution in [-0.4, -0.2) is 52.5 Å². The van der Waals surface area contributed by atoms with Crippen LogP contribution in [0.15, 0.2) is 29.3 Å². The van der Waals surface area contributed by atoms with Crippen molar-refractivity contribution in [1.29, 1.82) is 0 Å². The van der Waals surface area contributed by atoms with Gasteiger partial charge in [0.25, 0.3) is 0 Å². The molecular weight excluding hydrogens is 290 g/mol. The first-order chi connectivity index (χ1) is 11.1. The monoisotopic (exact) mass is 317 g/mol. The van der Waals surface area contributed by atoms with E-state index in [0.29, 0.717) is 18.5 Å². The van der Waals surface area contributed by atoms with Crippen molar-refractivity contribution < 1.29 is 4.79 Å². The van der Waals surface area contributed by atoms with Gasteiger partial charge in [-0.15, -0.1) is 0 Å². The van der Waals surface area contributed by atoms with E-state index < -0.39 is 0 Å². The largest absolute Gasteiger partial charge is 0.345 e. The molecule has 5 heteroatoms. The molecule has 0 aromatic carbocycles. The molecule has 2 aliphatic heterocycles. The standard InChI is InChI=1S/C18H27N3O2/c1-15(20-8-2-3-9-20)16-4-12-21(13-5-16)18(23)14-19-10-6-17(22)7-11-19/h6-7,10-11,15-16H,2-5,8-9,12-14H2,1H3/t15-/m0/s1. The summed E-state index contributed by atoms with van der Waals surface area (Å²) in [7, 11) is 0. The number of hydrogen-bond donors (Lipinski definition) is 0. The van der Waals surface area contributed by atoms with Crippen molar-refractivity contribution in [3.63, 3.8) is 0 Å². The first kappa shape index (κ1) is 16.2. The van der Waals surface area contributed by atoms with Crippen LogP contribution in [0.1, 0.15) is 32.6 Å². The Morgan fingerprint density at radius 2 is 1.74 bits per heavy atom. The molecule has 1 aromatic rings. The van der Waals surface area contributed by atoms with Crippen LogP contribution >= 0.6 is 0 Å². The van der Waals surface area contributed by atoms with E-state index in [1.807, 2.05) is 4.90 Å². The summed E-state index contributed by atoms with van der Waals surface area (Å²) in [4.78, 5) is 28.1. The highest BCUT2D eigenvalue weighted by molar-refractivity contribution is 5.76. The van der Waals surface area contributed by atoms with Crippen LogP contribution in [0.3, 0.4) is 0 Å². The lowest BCUT2D eigenvalue weighted by molar-refractivity contribution is -0.133. The molecule has 126 valence electrons. The van der Waals surface area contributed by atoms with E-state index >= 15 is 0 Å². The summed E-state index contributed by atoms with van der Waals surface area (Å²) in [5, 5.41) is 0. The molecule has 3 heterocycles. The van der Waals surface area contributed by atoms with Gasteiger partial charge in [0.05, 0.1) is 0 Å². The minimum atomic E-state index is -0.0228. The highest BCUT2D eigenvalue weighted by Gasteiger charge is 2.30. The zero-order valence-electron chi connectivity index (χ0n) is 14.0. The molecule has 3 rings (SSSR count). The number of amides is 1. The van der Waals surface area contributed by atoms with E-state index in [0.717, 1.165) is 25.9 Å². The second-order valence-corrected chi connectivity index (χ2v) is 6.91. The zero-order chi connectivity index (χ0) is 16.2. The van der Waals surface area contributed by atoms with Gasteiger partial charge in [-0.25, -0.2) is 0 Å². The summed E-state index contributed by atoms with van der Waals surface area (Å²) in [6.45, 7) is 6.89. The Morgan fingerprint density at radius 1 is 1.13 bits per heavy atom. The third kappa shape index (κ3) is 4.02. The van der Waals surface area contributed by atoms with E-state index in [1.54, 1.807) is 17.0 Å². The van der Waals surface area contributed by atoms with Crippen molar-refractivity contribution in [2.75, 3.05) is 26.2 Å². The van der Waals surface area contributed by atoms with Crippen molar-refractivity contribution >= 4 is 5.91 Å². The van der Waals surface area contributed by atoms with Crippen LogP contribution in [0, 0.1) is 5.92 Å². The van der Waals surface area contributed by atoms with Crippen LogP contribution in [-0.2, 0) is 11.3 Å². The maximum Gasteiger partial charge on any atom is 0.242 e. The van der Waals surface area contributed by atoms with Gasteiger partial charge in [-0.3, -0.25) is 9.59 Å². The van der Waals surface area contributed by atoms with Gasteiger partial charge >= 0.3 is 0 Å². The lowest BCUT2D eigenvalue weighted by Crippen LogP contribution is -2.45. The molecule has 2 aliphatic rings. The number of piperidine rings is 1. The third-order valence-corrected chi connectivity index (χ3v) is 5.47. The molecule has 0 bridgehead atoms. The van der Waals surface area contributed by atoms with E-state index in [9.17, 15) is 9.59 Å². The van der Waals surface area contributed by atoms with Gasteiger partial charge in [0, 0.05) is 43.7 Å². The minimum absolute atomic E-state index is 0.0228. The molecule has 1 amide bonds. The Kier molecular flexibility index (Phi) is 5.16. The highest BCUT2D eigenvalue weighted by Crippen LogP contribution is 2.26. The van der Waals surface area contributed by atoms with E-state index in [4.69, 9.17) is 0 Å². The second-order valence-electron chi connectivity index (χ2n) is 6.91. The number of carbonyl (C=O) groups is 1. The number of nitrogens with zero attached hydrogens (tertiary/aromatic N) is 3. The molecule has 0 aliphatic carbocycles. The number of hydrogen-bond acceptors (Lipinski definition) is 3. The Balaban J connectivity index is 1.49. The molecular formula is C18H27N3O2. The molecule has 0 radical (unpaired) electrons. The SMILES string of the molecule is C[C@@H](C1CCN(C(=O)Cn2ccc(=O)cc2)CC1)N1CCCC1. The number of rotatable bonds is 4. The third-order valence-electron chi connectivity index (χ3n) is 5.47. The van der Waals surface area contributed by atoms with Crippen molar-refractivity contribution in [2.45, 2.75) is 45.2 Å². The topological polar surface area (TPSA) is 45.6 Å². The molecule has 1 atom stereocenters. The highest BCUT2D eigenvalue weighted by atomic mass is 16.2. The lowest BCUT2D eigenvalue weighted by atomic mass is 9.89. The maximum absolute atomic E-state index is 12.4. The van der Waals surface area contributed by atoms with Gasteiger partial charge in [-0.2, -0.15) is 0 Å². The molecule has 1 aromatic heterocycles. The predicted molar refractivity (Wildman–Crippen MR) is 90.3 cm³/mol. The summed E-state index contributed by atoms with van der Waals surface area (Å²) < 4.78 is 1.78. The van der Waals surface area contributed by atoms with Gasteiger partial charge < -0.3 is 14.4 Å². The molecule has 0 N–H and O–H groups in total. The van der Waals surface area contributed by atoms with Crippen LogP contribution in [0.25, 0.3) is 0 Å². The Hall–Kier alpha value is -1.62. The minimum Gasteiger partial charge on any atom is -0.345 e. The van der Waals surface area contributed by atoms with Gasteiger partial charge in [-0.1, -0.05) is 0 Å². The van der Waals surface area contributed by atoms with Gasteiger partial charge in [0.2, 0.25) is 5.91 Å². The van der Waals surface area contributed by atoms with E-state index in [2.05, 4.69) is 11.8 Å². The summed E-state index contributed by atoms with van der Waals surface area (Å²) in [5.74, 6) is 0.866. The molecule has 2 saturated heterocycles.